The molecule has 5 heteroatoms. The molecule has 0 spiro atoms. The van der Waals surface area contributed by atoms with Crippen LogP contribution in [-0.2, 0) is 11.3 Å². The molecule has 2 rings (SSSR count). The van der Waals surface area contributed by atoms with Crippen molar-refractivity contribution in [2.24, 2.45) is 11.8 Å². The van der Waals surface area contributed by atoms with Crippen LogP contribution in [0.5, 0.6) is 11.5 Å². The van der Waals surface area contributed by atoms with E-state index in [1.54, 1.807) is 7.11 Å². The van der Waals surface area contributed by atoms with Crippen LogP contribution in [0.15, 0.2) is 16.6 Å². The normalized spacial score (nSPS) is 14.6. The highest BCUT2D eigenvalue weighted by Crippen LogP contribution is 2.38. The van der Waals surface area contributed by atoms with Crippen molar-refractivity contribution in [2.75, 3.05) is 20.3 Å². The Balaban J connectivity index is 2.12. The topological polar surface area (TPSA) is 53.7 Å². The molecule has 4 nitrogen and oxygen atoms in total. The zero-order chi connectivity index (χ0) is 13.0. The summed E-state index contributed by atoms with van der Waals surface area (Å²) in [4.78, 5) is 4.60. The minimum atomic E-state index is 0.487. The second kappa shape index (κ2) is 6.41. The summed E-state index contributed by atoms with van der Waals surface area (Å²) in [6, 6.07) is 3.99. The van der Waals surface area contributed by atoms with Crippen LogP contribution in [0, 0.1) is 5.92 Å². The zero-order valence-electron chi connectivity index (χ0n) is 10.4. The van der Waals surface area contributed by atoms with Gasteiger partial charge in [0.15, 0.2) is 11.5 Å². The highest BCUT2D eigenvalue weighted by atomic mass is 79.9. The van der Waals surface area contributed by atoms with Gasteiger partial charge in [0.1, 0.15) is 0 Å². The van der Waals surface area contributed by atoms with Crippen LogP contribution in [0.25, 0.3) is 0 Å². The van der Waals surface area contributed by atoms with Crippen molar-refractivity contribution in [3.8, 4) is 11.5 Å². The van der Waals surface area contributed by atoms with Gasteiger partial charge in [-0.3, -0.25) is 0 Å². The first kappa shape index (κ1) is 13.6. The molecule has 0 atom stereocenters. The number of hydrogen-bond acceptors (Lipinski definition) is 4. The van der Waals surface area contributed by atoms with Gasteiger partial charge in [-0.05, 0) is 58.8 Å². The van der Waals surface area contributed by atoms with Crippen LogP contribution >= 0.6 is 15.9 Å². The van der Waals surface area contributed by atoms with E-state index in [9.17, 15) is 0 Å². The average molecular weight is 316 g/mol. The van der Waals surface area contributed by atoms with Gasteiger partial charge >= 0.3 is 0 Å². The molecular formula is C13H18BrNO3. The van der Waals surface area contributed by atoms with Crippen molar-refractivity contribution in [2.45, 2.75) is 19.3 Å². The molecule has 100 valence electrons. The molecule has 18 heavy (non-hydrogen) atoms. The van der Waals surface area contributed by atoms with E-state index in [2.05, 4.69) is 20.8 Å². The summed E-state index contributed by atoms with van der Waals surface area (Å²) in [5.41, 5.74) is 1.11. The van der Waals surface area contributed by atoms with Gasteiger partial charge in [-0.25, -0.2) is 5.90 Å². The third-order valence-electron chi connectivity index (χ3n) is 2.95. The van der Waals surface area contributed by atoms with Crippen LogP contribution in [0.2, 0.25) is 0 Å². The highest BCUT2D eigenvalue weighted by Gasteiger charge is 2.23. The Morgan fingerprint density at radius 2 is 2.17 bits per heavy atom. The molecule has 0 aliphatic heterocycles. The number of methoxy groups -OCH3 is 1. The van der Waals surface area contributed by atoms with Gasteiger partial charge in [-0.2, -0.15) is 0 Å². The molecule has 0 bridgehead atoms. The predicted octanol–water partition coefficient (Wildman–Crippen LogP) is 2.68. The van der Waals surface area contributed by atoms with Crippen molar-refractivity contribution in [3.63, 3.8) is 0 Å². The number of halogens is 1. The van der Waals surface area contributed by atoms with Crippen LogP contribution < -0.4 is 15.4 Å². The molecule has 1 aromatic carbocycles. The van der Waals surface area contributed by atoms with E-state index in [0.29, 0.717) is 12.5 Å². The van der Waals surface area contributed by atoms with Crippen molar-refractivity contribution >= 4 is 15.9 Å². The van der Waals surface area contributed by atoms with Crippen LogP contribution in [0.1, 0.15) is 18.4 Å². The molecule has 0 aromatic heterocycles. The van der Waals surface area contributed by atoms with E-state index in [-0.39, 0.29) is 0 Å². The number of nitrogens with two attached hydrogens (primary N) is 1. The van der Waals surface area contributed by atoms with Gasteiger partial charge in [0.25, 0.3) is 0 Å². The molecule has 0 radical (unpaired) electrons. The van der Waals surface area contributed by atoms with E-state index in [4.69, 9.17) is 15.4 Å². The van der Waals surface area contributed by atoms with Crippen LogP contribution in [0.4, 0.5) is 0 Å². The lowest BCUT2D eigenvalue weighted by atomic mass is 10.1. The first-order chi connectivity index (χ1) is 8.74. The molecule has 0 saturated heterocycles. The minimum Gasteiger partial charge on any atom is -0.492 e. The highest BCUT2D eigenvalue weighted by molar-refractivity contribution is 9.10. The lowest BCUT2D eigenvalue weighted by Gasteiger charge is -2.14. The van der Waals surface area contributed by atoms with Gasteiger partial charge < -0.3 is 14.3 Å². The van der Waals surface area contributed by atoms with E-state index < -0.39 is 0 Å². The second-order valence-corrected chi connectivity index (χ2v) is 5.34. The second-order valence-electron chi connectivity index (χ2n) is 4.48. The molecule has 1 aromatic rings. The quantitative estimate of drug-likeness (QED) is 0.786. The van der Waals surface area contributed by atoms with Crippen LogP contribution in [0.3, 0.4) is 0 Å². The van der Waals surface area contributed by atoms with Crippen LogP contribution in [-0.4, -0.2) is 20.3 Å². The Bertz CT molecular complexity index is 407. The molecule has 0 heterocycles. The summed E-state index contributed by atoms with van der Waals surface area (Å²) in [6.45, 7) is 1.25. The smallest absolute Gasteiger partial charge is 0.174 e. The van der Waals surface area contributed by atoms with Crippen molar-refractivity contribution in [1.29, 1.82) is 0 Å². The van der Waals surface area contributed by atoms with Gasteiger partial charge in [0, 0.05) is 0 Å². The largest absolute Gasteiger partial charge is 0.492 e. The summed E-state index contributed by atoms with van der Waals surface area (Å²) in [5.74, 6) is 7.29. The molecule has 1 fully saturated rings. The van der Waals surface area contributed by atoms with Gasteiger partial charge in [-0.15, -0.1) is 0 Å². The molecule has 1 aliphatic carbocycles. The Morgan fingerprint density at radius 1 is 1.39 bits per heavy atom. The summed E-state index contributed by atoms with van der Waals surface area (Å²) < 4.78 is 12.1. The number of rotatable bonds is 7. The summed E-state index contributed by atoms with van der Waals surface area (Å²) >= 11 is 3.50. The first-order valence-corrected chi connectivity index (χ1v) is 6.84. The molecule has 1 aliphatic rings. The van der Waals surface area contributed by atoms with Crippen molar-refractivity contribution in [1.82, 2.24) is 0 Å². The monoisotopic (exact) mass is 315 g/mol. The van der Waals surface area contributed by atoms with E-state index in [1.165, 1.54) is 12.8 Å². The molecule has 2 N–H and O–H groups in total. The van der Waals surface area contributed by atoms with Gasteiger partial charge in [0.05, 0.1) is 24.8 Å². The predicted molar refractivity (Wildman–Crippen MR) is 72.8 cm³/mol. The minimum absolute atomic E-state index is 0.487. The first-order valence-electron chi connectivity index (χ1n) is 6.05. The zero-order valence-corrected chi connectivity index (χ0v) is 12.0. The van der Waals surface area contributed by atoms with E-state index in [1.807, 2.05) is 12.1 Å². The summed E-state index contributed by atoms with van der Waals surface area (Å²) in [6.07, 6.45) is 3.28. The fourth-order valence-corrected chi connectivity index (χ4v) is 2.39. The maximum absolute atomic E-state index is 5.83. The number of hydrogen-bond donors (Lipinski definition) is 1. The average Bonchev–Trinajstić information content (AvgIpc) is 3.17. The fourth-order valence-electron chi connectivity index (χ4n) is 1.74. The fraction of sp³-hybridized carbons (Fsp3) is 0.538. The lowest BCUT2D eigenvalue weighted by molar-refractivity contribution is 0.141. The standard InChI is InChI=1S/C13H18BrNO3/c1-16-13-11(14)6-10(4-5-18-15)7-12(13)17-8-9-2-3-9/h6-7,9H,2-5,8,15H2,1H3. The Labute approximate surface area is 115 Å². The maximum Gasteiger partial charge on any atom is 0.174 e. The Hall–Kier alpha value is -0.780. The lowest BCUT2D eigenvalue weighted by Crippen LogP contribution is -2.05. The third-order valence-corrected chi connectivity index (χ3v) is 3.54. The van der Waals surface area contributed by atoms with Crippen molar-refractivity contribution in [3.05, 3.63) is 22.2 Å². The van der Waals surface area contributed by atoms with Crippen molar-refractivity contribution < 1.29 is 14.3 Å². The number of ether oxygens (including phenoxy) is 2. The molecule has 0 unspecified atom stereocenters. The molecule has 1 saturated carbocycles. The van der Waals surface area contributed by atoms with Gasteiger partial charge in [-0.1, -0.05) is 0 Å². The van der Waals surface area contributed by atoms with E-state index in [0.717, 1.165) is 34.6 Å². The third kappa shape index (κ3) is 3.60. The Morgan fingerprint density at radius 3 is 2.78 bits per heavy atom. The molecule has 0 amide bonds. The number of benzene rings is 1. The maximum atomic E-state index is 5.83. The van der Waals surface area contributed by atoms with E-state index >= 15 is 0 Å². The summed E-state index contributed by atoms with van der Waals surface area (Å²) in [5, 5.41) is 0. The Kier molecular flexibility index (Phi) is 4.86. The summed E-state index contributed by atoms with van der Waals surface area (Å²) in [7, 11) is 1.65. The molecular weight excluding hydrogens is 298 g/mol. The SMILES string of the molecule is COc1c(Br)cc(CCON)cc1OCC1CC1. The van der Waals surface area contributed by atoms with Gasteiger partial charge in [0.2, 0.25) is 0 Å².